The number of aliphatic hydroxyl groups is 1. The average Bonchev–Trinajstić information content (AvgIpc) is 2.51. The number of phenols is 1. The maximum atomic E-state index is 11.8. The smallest absolute Gasteiger partial charge is 0.220 e. The van der Waals surface area contributed by atoms with Gasteiger partial charge >= 0.3 is 0 Å². The van der Waals surface area contributed by atoms with Gasteiger partial charge in [0.1, 0.15) is 5.75 Å². The van der Waals surface area contributed by atoms with Crippen molar-refractivity contribution in [2.45, 2.75) is 26.0 Å². The number of carbonyl (C=O) groups is 1. The van der Waals surface area contributed by atoms with Crippen LogP contribution in [0.5, 0.6) is 5.75 Å². The predicted molar refractivity (Wildman–Crippen MR) is 80.6 cm³/mol. The van der Waals surface area contributed by atoms with E-state index < -0.39 is 0 Å². The Morgan fingerprint density at radius 2 is 1.71 bits per heavy atom. The van der Waals surface area contributed by atoms with Crippen molar-refractivity contribution in [2.75, 3.05) is 0 Å². The molecule has 0 unspecified atom stereocenters. The molecule has 2 aromatic carbocycles. The molecule has 1 amide bonds. The monoisotopic (exact) mass is 285 g/mol. The summed E-state index contributed by atoms with van der Waals surface area (Å²) in [5.41, 5.74) is 2.74. The molecule has 0 bridgehead atoms. The highest BCUT2D eigenvalue weighted by molar-refractivity contribution is 5.76. The summed E-state index contributed by atoms with van der Waals surface area (Å²) in [7, 11) is 0. The van der Waals surface area contributed by atoms with Crippen LogP contribution in [0.2, 0.25) is 0 Å². The summed E-state index contributed by atoms with van der Waals surface area (Å²) >= 11 is 0. The van der Waals surface area contributed by atoms with E-state index >= 15 is 0 Å². The zero-order chi connectivity index (χ0) is 15.1. The maximum absolute atomic E-state index is 11.8. The summed E-state index contributed by atoms with van der Waals surface area (Å²) in [5, 5.41) is 21.3. The number of nitrogens with one attached hydrogen (secondary N) is 1. The lowest BCUT2D eigenvalue weighted by Gasteiger charge is -2.07. The molecule has 0 saturated heterocycles. The van der Waals surface area contributed by atoms with Gasteiger partial charge in [-0.1, -0.05) is 36.4 Å². The molecule has 0 spiro atoms. The number of aryl methyl sites for hydroxylation is 1. The molecule has 4 heteroatoms. The van der Waals surface area contributed by atoms with Crippen molar-refractivity contribution >= 4 is 5.91 Å². The molecule has 21 heavy (non-hydrogen) atoms. The van der Waals surface area contributed by atoms with Crippen molar-refractivity contribution in [3.05, 3.63) is 65.2 Å². The fourth-order valence-electron chi connectivity index (χ4n) is 2.10. The molecule has 0 heterocycles. The molecule has 0 saturated carbocycles. The minimum atomic E-state index is -0.0345. The highest BCUT2D eigenvalue weighted by Crippen LogP contribution is 2.12. The zero-order valence-electron chi connectivity index (χ0n) is 11.7. The fourth-order valence-corrected chi connectivity index (χ4v) is 2.10. The number of hydrogen-bond donors (Lipinski definition) is 3. The molecule has 0 aliphatic carbocycles. The lowest BCUT2D eigenvalue weighted by Crippen LogP contribution is -2.23. The third kappa shape index (κ3) is 4.93. The van der Waals surface area contributed by atoms with Gasteiger partial charge < -0.3 is 15.5 Å². The van der Waals surface area contributed by atoms with Crippen LogP contribution in [0.15, 0.2) is 48.5 Å². The highest BCUT2D eigenvalue weighted by Gasteiger charge is 2.03. The van der Waals surface area contributed by atoms with Gasteiger partial charge in [-0.25, -0.2) is 0 Å². The second kappa shape index (κ2) is 7.45. The molecule has 3 N–H and O–H groups in total. The molecular weight excluding hydrogens is 266 g/mol. The topological polar surface area (TPSA) is 69.6 Å². The first-order valence-electron chi connectivity index (χ1n) is 6.90. The van der Waals surface area contributed by atoms with E-state index in [1.807, 2.05) is 30.3 Å². The summed E-state index contributed by atoms with van der Waals surface area (Å²) in [5.74, 6) is 0.182. The molecule has 0 radical (unpaired) electrons. The Bertz CT molecular complexity index is 610. The van der Waals surface area contributed by atoms with Gasteiger partial charge in [-0.3, -0.25) is 4.79 Å². The van der Waals surface area contributed by atoms with Crippen molar-refractivity contribution in [1.29, 1.82) is 0 Å². The average molecular weight is 285 g/mol. The molecule has 110 valence electrons. The second-order valence-corrected chi connectivity index (χ2v) is 4.92. The standard InChI is InChI=1S/C17H19NO3/c19-12-15-5-1-4-14(9-15)11-18-17(21)8-7-13-3-2-6-16(20)10-13/h1-6,9-10,19-20H,7-8,11-12H2,(H,18,21). The van der Waals surface area contributed by atoms with Crippen LogP contribution in [-0.4, -0.2) is 16.1 Å². The van der Waals surface area contributed by atoms with E-state index in [1.165, 1.54) is 0 Å². The van der Waals surface area contributed by atoms with Crippen molar-refractivity contribution in [3.63, 3.8) is 0 Å². The molecular formula is C17H19NO3. The Morgan fingerprint density at radius 3 is 2.48 bits per heavy atom. The quantitative estimate of drug-likeness (QED) is 0.761. The third-order valence-corrected chi connectivity index (χ3v) is 3.21. The number of rotatable bonds is 6. The van der Waals surface area contributed by atoms with E-state index in [2.05, 4.69) is 5.32 Å². The lowest BCUT2D eigenvalue weighted by molar-refractivity contribution is -0.121. The van der Waals surface area contributed by atoms with Gasteiger partial charge in [0.25, 0.3) is 0 Å². The van der Waals surface area contributed by atoms with Crippen LogP contribution >= 0.6 is 0 Å². The van der Waals surface area contributed by atoms with Crippen LogP contribution in [-0.2, 0) is 24.4 Å². The van der Waals surface area contributed by atoms with Gasteiger partial charge in [0.2, 0.25) is 5.91 Å². The van der Waals surface area contributed by atoms with Gasteiger partial charge in [-0.05, 0) is 35.2 Å². The fraction of sp³-hybridized carbons (Fsp3) is 0.235. The van der Waals surface area contributed by atoms with Crippen molar-refractivity contribution in [1.82, 2.24) is 5.32 Å². The number of benzene rings is 2. The van der Waals surface area contributed by atoms with Crippen LogP contribution in [0.25, 0.3) is 0 Å². The van der Waals surface area contributed by atoms with Gasteiger partial charge in [-0.2, -0.15) is 0 Å². The lowest BCUT2D eigenvalue weighted by atomic mass is 10.1. The summed E-state index contributed by atoms with van der Waals surface area (Å²) < 4.78 is 0. The molecule has 0 fully saturated rings. The van der Waals surface area contributed by atoms with E-state index in [0.717, 1.165) is 16.7 Å². The first-order valence-corrected chi connectivity index (χ1v) is 6.90. The molecule has 2 aromatic rings. The van der Waals surface area contributed by atoms with E-state index in [9.17, 15) is 9.90 Å². The number of phenolic OH excluding ortho intramolecular Hbond substituents is 1. The van der Waals surface area contributed by atoms with Crippen LogP contribution in [0.1, 0.15) is 23.1 Å². The zero-order valence-corrected chi connectivity index (χ0v) is 11.7. The van der Waals surface area contributed by atoms with E-state index in [0.29, 0.717) is 19.4 Å². The van der Waals surface area contributed by atoms with E-state index in [1.54, 1.807) is 18.2 Å². The molecule has 2 rings (SSSR count). The minimum absolute atomic E-state index is 0.000708. The molecule has 0 aliphatic heterocycles. The highest BCUT2D eigenvalue weighted by atomic mass is 16.3. The Hall–Kier alpha value is -2.33. The Balaban J connectivity index is 1.79. The minimum Gasteiger partial charge on any atom is -0.508 e. The van der Waals surface area contributed by atoms with Gasteiger partial charge in [0.15, 0.2) is 0 Å². The molecule has 0 aromatic heterocycles. The largest absolute Gasteiger partial charge is 0.508 e. The Morgan fingerprint density at radius 1 is 1.00 bits per heavy atom. The SMILES string of the molecule is O=C(CCc1cccc(O)c1)NCc1cccc(CO)c1. The normalized spacial score (nSPS) is 10.3. The number of amides is 1. The van der Waals surface area contributed by atoms with Gasteiger partial charge in [0.05, 0.1) is 6.61 Å². The Kier molecular flexibility index (Phi) is 5.35. The van der Waals surface area contributed by atoms with Gasteiger partial charge in [-0.15, -0.1) is 0 Å². The van der Waals surface area contributed by atoms with Crippen LogP contribution in [0, 0.1) is 0 Å². The maximum Gasteiger partial charge on any atom is 0.220 e. The summed E-state index contributed by atoms with van der Waals surface area (Å²) in [6.07, 6.45) is 0.972. The predicted octanol–water partition coefficient (Wildman–Crippen LogP) is 2.13. The molecule has 0 atom stereocenters. The Labute approximate surface area is 124 Å². The van der Waals surface area contributed by atoms with Crippen LogP contribution in [0.4, 0.5) is 0 Å². The third-order valence-electron chi connectivity index (χ3n) is 3.21. The van der Waals surface area contributed by atoms with E-state index in [-0.39, 0.29) is 18.3 Å². The first-order chi connectivity index (χ1) is 10.2. The first kappa shape index (κ1) is 15.1. The van der Waals surface area contributed by atoms with Crippen molar-refractivity contribution in [2.24, 2.45) is 0 Å². The second-order valence-electron chi connectivity index (χ2n) is 4.92. The summed E-state index contributed by atoms with van der Waals surface area (Å²) in [6.45, 7) is 0.450. The number of aliphatic hydroxyl groups excluding tert-OH is 1. The molecule has 4 nitrogen and oxygen atoms in total. The number of aromatic hydroxyl groups is 1. The van der Waals surface area contributed by atoms with Crippen LogP contribution in [0.3, 0.4) is 0 Å². The van der Waals surface area contributed by atoms with Crippen molar-refractivity contribution < 1.29 is 15.0 Å². The molecule has 0 aliphatic rings. The number of carbonyl (C=O) groups excluding carboxylic acids is 1. The van der Waals surface area contributed by atoms with Crippen molar-refractivity contribution in [3.8, 4) is 5.75 Å². The van der Waals surface area contributed by atoms with Gasteiger partial charge in [0, 0.05) is 13.0 Å². The summed E-state index contributed by atoms with van der Waals surface area (Å²) in [6, 6.07) is 14.4. The van der Waals surface area contributed by atoms with E-state index in [4.69, 9.17) is 5.11 Å². The van der Waals surface area contributed by atoms with Crippen LogP contribution < -0.4 is 5.32 Å². The summed E-state index contributed by atoms with van der Waals surface area (Å²) in [4.78, 5) is 11.8. The number of hydrogen-bond acceptors (Lipinski definition) is 3.